The third-order valence-electron chi connectivity index (χ3n) is 4.37. The van der Waals surface area contributed by atoms with E-state index in [0.717, 1.165) is 12.8 Å². The van der Waals surface area contributed by atoms with Gasteiger partial charge in [0, 0.05) is 43.5 Å². The summed E-state index contributed by atoms with van der Waals surface area (Å²) in [4.78, 5) is 25.5. The van der Waals surface area contributed by atoms with Crippen LogP contribution < -0.4 is 5.32 Å². The fraction of sp³-hybridized carbons (Fsp3) is 0.647. The molecule has 0 saturated carbocycles. The number of aromatic nitrogens is 1. The van der Waals surface area contributed by atoms with Gasteiger partial charge in [-0.25, -0.2) is 4.79 Å². The average Bonchev–Trinajstić information content (AvgIpc) is 2.85. The average molecular weight is 321 g/mol. The molecule has 1 aromatic heterocycles. The fourth-order valence-electron chi connectivity index (χ4n) is 2.99. The summed E-state index contributed by atoms with van der Waals surface area (Å²) < 4.78 is 7.15. The molecule has 0 aliphatic carbocycles. The van der Waals surface area contributed by atoms with Crippen LogP contribution >= 0.6 is 0 Å². The lowest BCUT2D eigenvalue weighted by atomic mass is 10.1. The van der Waals surface area contributed by atoms with E-state index in [1.807, 2.05) is 0 Å². The molecule has 0 atom stereocenters. The van der Waals surface area contributed by atoms with E-state index in [0.29, 0.717) is 32.7 Å². The molecule has 128 valence electrons. The molecule has 0 spiro atoms. The first kappa shape index (κ1) is 17.4. The minimum Gasteiger partial charge on any atom is -0.450 e. The molecular formula is C17H27N3O3. The lowest BCUT2D eigenvalue weighted by Crippen LogP contribution is -2.46. The predicted octanol–water partition coefficient (Wildman–Crippen LogP) is 2.23. The summed E-state index contributed by atoms with van der Waals surface area (Å²) >= 11 is 0. The van der Waals surface area contributed by atoms with Gasteiger partial charge in [-0.05, 0) is 45.7 Å². The molecule has 2 heterocycles. The highest BCUT2D eigenvalue weighted by Crippen LogP contribution is 2.12. The zero-order valence-corrected chi connectivity index (χ0v) is 14.3. The second-order valence-electron chi connectivity index (χ2n) is 6.05. The smallest absolute Gasteiger partial charge is 0.409 e. The van der Waals surface area contributed by atoms with Gasteiger partial charge in [0.2, 0.25) is 5.91 Å². The van der Waals surface area contributed by atoms with E-state index in [1.165, 1.54) is 11.4 Å². The Kier molecular flexibility index (Phi) is 6.07. The van der Waals surface area contributed by atoms with Crippen molar-refractivity contribution in [3.8, 4) is 0 Å². The Labute approximate surface area is 137 Å². The summed E-state index contributed by atoms with van der Waals surface area (Å²) in [6, 6.07) is 4.29. The number of amides is 2. The van der Waals surface area contributed by atoms with Gasteiger partial charge in [-0.1, -0.05) is 0 Å². The second-order valence-corrected chi connectivity index (χ2v) is 6.05. The summed E-state index contributed by atoms with van der Waals surface area (Å²) in [6.07, 6.45) is 1.79. The van der Waals surface area contributed by atoms with Crippen LogP contribution in [0.15, 0.2) is 12.1 Å². The van der Waals surface area contributed by atoms with E-state index in [4.69, 9.17) is 4.74 Å². The van der Waals surface area contributed by atoms with Crippen molar-refractivity contribution in [2.45, 2.75) is 52.6 Å². The van der Waals surface area contributed by atoms with Crippen LogP contribution in [0.4, 0.5) is 4.79 Å². The lowest BCUT2D eigenvalue weighted by molar-refractivity contribution is -0.122. The summed E-state index contributed by atoms with van der Waals surface area (Å²) in [7, 11) is 0. The number of likely N-dealkylation sites (tertiary alicyclic amines) is 1. The van der Waals surface area contributed by atoms with Gasteiger partial charge in [-0.3, -0.25) is 4.79 Å². The highest BCUT2D eigenvalue weighted by Gasteiger charge is 2.24. The number of hydrogen-bond acceptors (Lipinski definition) is 3. The Balaban J connectivity index is 1.72. The number of hydrogen-bond donors (Lipinski definition) is 1. The van der Waals surface area contributed by atoms with Crippen LogP contribution in [0.2, 0.25) is 0 Å². The number of nitrogens with zero attached hydrogens (tertiary/aromatic N) is 2. The van der Waals surface area contributed by atoms with Gasteiger partial charge in [-0.2, -0.15) is 0 Å². The van der Waals surface area contributed by atoms with Gasteiger partial charge in [-0.15, -0.1) is 0 Å². The maximum Gasteiger partial charge on any atom is 0.409 e. The molecule has 0 aromatic carbocycles. The van der Waals surface area contributed by atoms with Crippen molar-refractivity contribution in [1.82, 2.24) is 14.8 Å². The quantitative estimate of drug-likeness (QED) is 0.904. The molecule has 1 aliphatic heterocycles. The normalized spacial score (nSPS) is 15.5. The Morgan fingerprint density at radius 3 is 2.39 bits per heavy atom. The highest BCUT2D eigenvalue weighted by molar-refractivity contribution is 5.76. The summed E-state index contributed by atoms with van der Waals surface area (Å²) in [5.41, 5.74) is 2.36. The molecule has 1 aromatic rings. The van der Waals surface area contributed by atoms with Gasteiger partial charge in [0.1, 0.15) is 0 Å². The maximum absolute atomic E-state index is 12.1. The topological polar surface area (TPSA) is 63.6 Å². The summed E-state index contributed by atoms with van der Waals surface area (Å²) in [6.45, 7) is 8.29. The van der Waals surface area contributed by atoms with Crippen molar-refractivity contribution >= 4 is 12.0 Å². The molecule has 0 bridgehead atoms. The van der Waals surface area contributed by atoms with Crippen LogP contribution in [0, 0.1) is 13.8 Å². The maximum atomic E-state index is 12.1. The van der Waals surface area contributed by atoms with Crippen LogP contribution in [0.25, 0.3) is 0 Å². The van der Waals surface area contributed by atoms with Crippen LogP contribution in [0.5, 0.6) is 0 Å². The molecule has 1 aliphatic rings. The second kappa shape index (κ2) is 8.04. The van der Waals surface area contributed by atoms with E-state index >= 15 is 0 Å². The zero-order valence-electron chi connectivity index (χ0n) is 14.3. The van der Waals surface area contributed by atoms with Crippen molar-refractivity contribution in [3.05, 3.63) is 23.5 Å². The molecule has 0 unspecified atom stereocenters. The number of carbonyl (C=O) groups excluding carboxylic acids is 2. The third kappa shape index (κ3) is 4.74. The third-order valence-corrected chi connectivity index (χ3v) is 4.37. The van der Waals surface area contributed by atoms with Gasteiger partial charge >= 0.3 is 6.09 Å². The van der Waals surface area contributed by atoms with Crippen LogP contribution in [0.3, 0.4) is 0 Å². The Morgan fingerprint density at radius 1 is 1.22 bits per heavy atom. The highest BCUT2D eigenvalue weighted by atomic mass is 16.6. The molecule has 2 rings (SSSR count). The first-order valence-corrected chi connectivity index (χ1v) is 8.35. The van der Waals surface area contributed by atoms with Crippen molar-refractivity contribution in [3.63, 3.8) is 0 Å². The lowest BCUT2D eigenvalue weighted by Gasteiger charge is -2.31. The van der Waals surface area contributed by atoms with Gasteiger partial charge in [0.25, 0.3) is 0 Å². The number of piperidine rings is 1. The van der Waals surface area contributed by atoms with Gasteiger partial charge in [0.05, 0.1) is 6.61 Å². The minimum absolute atomic E-state index is 0.0760. The number of nitrogens with one attached hydrogen (secondary N) is 1. The molecule has 6 heteroatoms. The molecule has 2 amide bonds. The molecule has 23 heavy (non-hydrogen) atoms. The number of rotatable bonds is 5. The Hall–Kier alpha value is -1.98. The predicted molar refractivity (Wildman–Crippen MR) is 88.3 cm³/mol. The Bertz CT molecular complexity index is 526. The van der Waals surface area contributed by atoms with Crippen molar-refractivity contribution in [2.24, 2.45) is 0 Å². The van der Waals surface area contributed by atoms with Crippen LogP contribution in [0.1, 0.15) is 37.6 Å². The summed E-state index contributed by atoms with van der Waals surface area (Å²) in [5.74, 6) is 0.0760. The van der Waals surface area contributed by atoms with Gasteiger partial charge in [0.15, 0.2) is 0 Å². The monoisotopic (exact) mass is 321 g/mol. The number of aryl methyl sites for hydroxylation is 2. The van der Waals surface area contributed by atoms with Crippen molar-refractivity contribution in [1.29, 1.82) is 0 Å². The SMILES string of the molecule is CCOC(=O)N1CCC(NC(=O)CCn2c(C)ccc2C)CC1. The van der Waals surface area contributed by atoms with Crippen LogP contribution in [-0.2, 0) is 16.1 Å². The molecule has 1 N–H and O–H groups in total. The van der Waals surface area contributed by atoms with E-state index in [2.05, 4.69) is 35.9 Å². The minimum atomic E-state index is -0.254. The first-order chi connectivity index (χ1) is 11.0. The molecule has 1 saturated heterocycles. The first-order valence-electron chi connectivity index (χ1n) is 8.35. The van der Waals surface area contributed by atoms with Crippen molar-refractivity contribution < 1.29 is 14.3 Å². The zero-order chi connectivity index (χ0) is 16.8. The van der Waals surface area contributed by atoms with E-state index in [-0.39, 0.29) is 18.0 Å². The molecular weight excluding hydrogens is 294 g/mol. The standard InChI is InChI=1S/C17H27N3O3/c1-4-23-17(22)19-10-7-15(8-11-19)18-16(21)9-12-20-13(2)5-6-14(20)3/h5-6,15H,4,7-12H2,1-3H3,(H,18,21). The molecule has 0 radical (unpaired) electrons. The number of carbonyl (C=O) groups is 2. The molecule has 6 nitrogen and oxygen atoms in total. The van der Waals surface area contributed by atoms with E-state index in [9.17, 15) is 9.59 Å². The van der Waals surface area contributed by atoms with Crippen LogP contribution in [-0.4, -0.2) is 47.2 Å². The summed E-state index contributed by atoms with van der Waals surface area (Å²) in [5, 5.41) is 3.08. The van der Waals surface area contributed by atoms with Crippen molar-refractivity contribution in [2.75, 3.05) is 19.7 Å². The fourth-order valence-corrected chi connectivity index (χ4v) is 2.99. The van der Waals surface area contributed by atoms with E-state index < -0.39 is 0 Å². The molecule has 1 fully saturated rings. The number of ether oxygens (including phenoxy) is 1. The van der Waals surface area contributed by atoms with Gasteiger partial charge < -0.3 is 19.5 Å². The van der Waals surface area contributed by atoms with E-state index in [1.54, 1.807) is 11.8 Å². The Morgan fingerprint density at radius 2 is 1.83 bits per heavy atom. The largest absolute Gasteiger partial charge is 0.450 e.